The molecule has 1 aliphatic heterocycles. The molecule has 0 saturated carbocycles. The predicted molar refractivity (Wildman–Crippen MR) is 163 cm³/mol. The van der Waals surface area contributed by atoms with Gasteiger partial charge in [-0.2, -0.15) is 0 Å². The SMILES string of the molecule is COc1ccc(S(=O)N2CCC(c3ccc(-c4ccc(-c5ccc(-c6ccccc6)cc5)cc4)cc3)CC2)cn1. The third kappa shape index (κ3) is 5.76. The molecule has 2 heterocycles. The summed E-state index contributed by atoms with van der Waals surface area (Å²) in [6, 6.07) is 40.6. The summed E-state index contributed by atoms with van der Waals surface area (Å²) in [6.45, 7) is 1.61. The van der Waals surface area contributed by atoms with Gasteiger partial charge >= 0.3 is 0 Å². The molecular weight excluding hydrogens is 512 g/mol. The van der Waals surface area contributed by atoms with Gasteiger partial charge in [0.05, 0.1) is 12.0 Å². The zero-order chi connectivity index (χ0) is 27.3. The minimum Gasteiger partial charge on any atom is -0.481 e. The lowest BCUT2D eigenvalue weighted by Gasteiger charge is -2.31. The molecule has 4 nitrogen and oxygen atoms in total. The van der Waals surface area contributed by atoms with E-state index in [9.17, 15) is 4.21 Å². The first-order valence-corrected chi connectivity index (χ1v) is 14.8. The van der Waals surface area contributed by atoms with Crippen molar-refractivity contribution < 1.29 is 8.95 Å². The van der Waals surface area contributed by atoms with Crippen molar-refractivity contribution >= 4 is 11.0 Å². The molecule has 5 aromatic rings. The summed E-state index contributed by atoms with van der Waals surface area (Å²) in [5.74, 6) is 1.02. The zero-order valence-corrected chi connectivity index (χ0v) is 23.4. The van der Waals surface area contributed by atoms with E-state index in [1.165, 1.54) is 38.9 Å². The summed E-state index contributed by atoms with van der Waals surface area (Å²) >= 11 is 0. The zero-order valence-electron chi connectivity index (χ0n) is 22.6. The number of hydrogen-bond acceptors (Lipinski definition) is 3. The Hall–Kier alpha value is -4.06. The number of rotatable bonds is 7. The van der Waals surface area contributed by atoms with Crippen molar-refractivity contribution in [1.29, 1.82) is 0 Å². The van der Waals surface area contributed by atoms with Gasteiger partial charge in [0, 0.05) is 25.4 Å². The maximum Gasteiger partial charge on any atom is 0.212 e. The number of piperidine rings is 1. The van der Waals surface area contributed by atoms with Gasteiger partial charge < -0.3 is 4.74 Å². The maximum absolute atomic E-state index is 13.0. The molecule has 0 N–H and O–H groups in total. The van der Waals surface area contributed by atoms with Crippen LogP contribution in [0, 0.1) is 0 Å². The Bertz CT molecular complexity index is 1560. The van der Waals surface area contributed by atoms with Crippen LogP contribution in [0.15, 0.2) is 126 Å². The molecule has 200 valence electrons. The van der Waals surface area contributed by atoms with Crippen LogP contribution in [0.5, 0.6) is 5.88 Å². The summed E-state index contributed by atoms with van der Waals surface area (Å²) in [6.07, 6.45) is 3.63. The molecular formula is C35H32N2O2S. The molecule has 1 unspecified atom stereocenters. The first-order chi connectivity index (χ1) is 19.7. The van der Waals surface area contributed by atoms with Crippen LogP contribution in [0.25, 0.3) is 33.4 Å². The molecule has 40 heavy (non-hydrogen) atoms. The Balaban J connectivity index is 1.07. The highest BCUT2D eigenvalue weighted by Crippen LogP contribution is 2.32. The van der Waals surface area contributed by atoms with Crippen LogP contribution in [-0.2, 0) is 11.0 Å². The second-order valence-corrected chi connectivity index (χ2v) is 11.6. The molecule has 1 fully saturated rings. The maximum atomic E-state index is 13.0. The molecule has 0 amide bonds. The van der Waals surface area contributed by atoms with E-state index < -0.39 is 11.0 Å². The average molecular weight is 545 g/mol. The Morgan fingerprint density at radius 3 is 1.57 bits per heavy atom. The van der Waals surface area contributed by atoms with Crippen LogP contribution in [0.4, 0.5) is 0 Å². The fraction of sp³-hybridized carbons (Fsp3) is 0.171. The third-order valence-corrected chi connectivity index (χ3v) is 9.21. The number of nitrogens with zero attached hydrogens (tertiary/aromatic N) is 2. The third-order valence-electron chi connectivity index (χ3n) is 7.73. The van der Waals surface area contributed by atoms with E-state index in [1.54, 1.807) is 19.4 Å². The van der Waals surface area contributed by atoms with Crippen molar-refractivity contribution in [2.75, 3.05) is 20.2 Å². The van der Waals surface area contributed by atoms with Crippen LogP contribution in [0.3, 0.4) is 0 Å². The quantitative estimate of drug-likeness (QED) is 0.209. The number of aromatic nitrogens is 1. The molecule has 0 radical (unpaired) electrons. The van der Waals surface area contributed by atoms with Crippen molar-refractivity contribution in [2.24, 2.45) is 0 Å². The van der Waals surface area contributed by atoms with Crippen LogP contribution in [0.2, 0.25) is 0 Å². The first-order valence-electron chi connectivity index (χ1n) is 13.7. The van der Waals surface area contributed by atoms with E-state index in [2.05, 4.69) is 102 Å². The summed E-state index contributed by atoms with van der Waals surface area (Å²) in [5.41, 5.74) is 8.70. The molecule has 0 spiro atoms. The fourth-order valence-corrected chi connectivity index (χ4v) is 6.55. The van der Waals surface area contributed by atoms with Gasteiger partial charge in [-0.3, -0.25) is 0 Å². The highest BCUT2D eigenvalue weighted by atomic mass is 32.2. The Labute approximate surface area is 238 Å². The van der Waals surface area contributed by atoms with E-state index in [0.717, 1.165) is 30.8 Å². The van der Waals surface area contributed by atoms with E-state index in [4.69, 9.17) is 4.74 Å². The summed E-state index contributed by atoms with van der Waals surface area (Å²) < 4.78 is 20.1. The first kappa shape index (κ1) is 26.2. The highest BCUT2D eigenvalue weighted by molar-refractivity contribution is 7.82. The van der Waals surface area contributed by atoms with Crippen LogP contribution >= 0.6 is 0 Å². The van der Waals surface area contributed by atoms with Gasteiger partial charge in [0.1, 0.15) is 11.0 Å². The van der Waals surface area contributed by atoms with Crippen molar-refractivity contribution in [2.45, 2.75) is 23.7 Å². The van der Waals surface area contributed by atoms with Crippen LogP contribution in [0.1, 0.15) is 24.3 Å². The van der Waals surface area contributed by atoms with Crippen molar-refractivity contribution in [3.8, 4) is 39.3 Å². The Morgan fingerprint density at radius 2 is 1.12 bits per heavy atom. The summed E-state index contributed by atoms with van der Waals surface area (Å²) in [5, 5.41) is 0. The normalized spacial score (nSPS) is 15.0. The second-order valence-electron chi connectivity index (χ2n) is 10.1. The summed E-state index contributed by atoms with van der Waals surface area (Å²) in [7, 11) is 0.392. The predicted octanol–water partition coefficient (Wildman–Crippen LogP) is 7.99. The number of pyridine rings is 1. The van der Waals surface area contributed by atoms with Crippen molar-refractivity contribution in [1.82, 2.24) is 9.29 Å². The van der Waals surface area contributed by atoms with Gasteiger partial charge in [-0.1, -0.05) is 103 Å². The lowest BCUT2D eigenvalue weighted by Crippen LogP contribution is -2.34. The van der Waals surface area contributed by atoms with Gasteiger partial charge in [-0.15, -0.1) is 0 Å². The number of hydrogen-bond donors (Lipinski definition) is 0. The number of benzene rings is 4. The molecule has 1 aromatic heterocycles. The standard InChI is InChI=1S/C35H32N2O2S/c1-39-35-20-19-34(25-36-35)40(38)37-23-21-33(22-24-37)32-17-15-31(16-18-32)30-13-11-29(12-14-30)28-9-7-27(8-10-28)26-5-3-2-4-6-26/h2-20,25,33H,21-24H2,1H3. The lowest BCUT2D eigenvalue weighted by molar-refractivity contribution is 0.334. The van der Waals surface area contributed by atoms with E-state index in [1.807, 2.05) is 16.4 Å². The van der Waals surface area contributed by atoms with Gasteiger partial charge in [-0.05, 0) is 63.8 Å². The topological polar surface area (TPSA) is 42.4 Å². The molecule has 5 heteroatoms. The molecule has 6 rings (SSSR count). The van der Waals surface area contributed by atoms with Gasteiger partial charge in [0.25, 0.3) is 0 Å². The van der Waals surface area contributed by atoms with Crippen LogP contribution in [-0.4, -0.2) is 33.7 Å². The molecule has 1 atom stereocenters. The molecule has 4 aromatic carbocycles. The van der Waals surface area contributed by atoms with Crippen LogP contribution < -0.4 is 4.74 Å². The Kier molecular flexibility index (Phi) is 7.85. The lowest BCUT2D eigenvalue weighted by atomic mass is 9.89. The number of ether oxygens (including phenoxy) is 1. The van der Waals surface area contributed by atoms with Crippen molar-refractivity contribution in [3.63, 3.8) is 0 Å². The highest BCUT2D eigenvalue weighted by Gasteiger charge is 2.25. The average Bonchev–Trinajstić information content (AvgIpc) is 3.05. The number of methoxy groups -OCH3 is 1. The molecule has 0 aliphatic carbocycles. The minimum atomic E-state index is -1.19. The molecule has 1 saturated heterocycles. The van der Waals surface area contributed by atoms with E-state index in [0.29, 0.717) is 11.8 Å². The molecule has 0 bridgehead atoms. The second kappa shape index (κ2) is 12.0. The van der Waals surface area contributed by atoms with E-state index in [-0.39, 0.29) is 0 Å². The largest absolute Gasteiger partial charge is 0.481 e. The Morgan fingerprint density at radius 1 is 0.650 bits per heavy atom. The smallest absolute Gasteiger partial charge is 0.212 e. The van der Waals surface area contributed by atoms with Gasteiger partial charge in [0.15, 0.2) is 0 Å². The van der Waals surface area contributed by atoms with Crippen molar-refractivity contribution in [3.05, 3.63) is 127 Å². The molecule has 1 aliphatic rings. The monoisotopic (exact) mass is 544 g/mol. The fourth-order valence-electron chi connectivity index (χ4n) is 5.38. The summed E-state index contributed by atoms with van der Waals surface area (Å²) in [4.78, 5) is 4.92. The van der Waals surface area contributed by atoms with E-state index >= 15 is 0 Å². The van der Waals surface area contributed by atoms with Gasteiger partial charge in [0.2, 0.25) is 5.88 Å². The van der Waals surface area contributed by atoms with Gasteiger partial charge in [-0.25, -0.2) is 13.5 Å². The minimum absolute atomic E-state index is 0.484.